The normalized spacial score (nSPS) is 18.6. The van der Waals surface area contributed by atoms with Crippen LogP contribution in [0.2, 0.25) is 0 Å². The summed E-state index contributed by atoms with van der Waals surface area (Å²) in [5, 5.41) is 2.82. The summed E-state index contributed by atoms with van der Waals surface area (Å²) in [5.41, 5.74) is 1.22. The zero-order valence-electron chi connectivity index (χ0n) is 11.4. The molecule has 1 heterocycles. The van der Waals surface area contributed by atoms with Gasteiger partial charge in [0, 0.05) is 12.6 Å². The SMILES string of the molecule is CNCC(=O)c1ccc2c(c1)N(C)C(=O)C(C)CO2. The van der Waals surface area contributed by atoms with Crippen LogP contribution < -0.4 is 15.0 Å². The molecule has 1 aliphatic heterocycles. The molecule has 0 saturated carbocycles. The fourth-order valence-electron chi connectivity index (χ4n) is 2.07. The van der Waals surface area contributed by atoms with Gasteiger partial charge in [0.15, 0.2) is 5.78 Å². The number of nitrogens with zero attached hydrogens (tertiary/aromatic N) is 1. The average molecular weight is 262 g/mol. The molecule has 1 aromatic rings. The van der Waals surface area contributed by atoms with Gasteiger partial charge in [0.25, 0.3) is 0 Å². The van der Waals surface area contributed by atoms with Crippen molar-refractivity contribution in [1.29, 1.82) is 0 Å². The lowest BCUT2D eigenvalue weighted by Gasteiger charge is -2.18. The molecule has 1 aromatic carbocycles. The van der Waals surface area contributed by atoms with E-state index in [1.54, 1.807) is 37.2 Å². The van der Waals surface area contributed by atoms with Crippen LogP contribution in [0.5, 0.6) is 5.75 Å². The number of rotatable bonds is 3. The Kier molecular flexibility index (Phi) is 3.85. The number of ketones is 1. The third-order valence-electron chi connectivity index (χ3n) is 3.22. The molecule has 0 aromatic heterocycles. The Balaban J connectivity index is 2.38. The van der Waals surface area contributed by atoms with E-state index in [-0.39, 0.29) is 24.2 Å². The van der Waals surface area contributed by atoms with Crippen molar-refractivity contribution in [1.82, 2.24) is 5.32 Å². The first kappa shape index (κ1) is 13.5. The maximum absolute atomic E-state index is 12.1. The van der Waals surface area contributed by atoms with Crippen molar-refractivity contribution < 1.29 is 14.3 Å². The van der Waals surface area contributed by atoms with Crippen LogP contribution in [0.15, 0.2) is 18.2 Å². The number of amides is 1. The molecule has 1 amide bonds. The zero-order chi connectivity index (χ0) is 14.0. The van der Waals surface area contributed by atoms with E-state index < -0.39 is 0 Å². The molecule has 5 nitrogen and oxygen atoms in total. The Morgan fingerprint density at radius 3 is 2.95 bits per heavy atom. The van der Waals surface area contributed by atoms with Crippen LogP contribution in [0.25, 0.3) is 0 Å². The van der Waals surface area contributed by atoms with E-state index in [1.807, 2.05) is 6.92 Å². The quantitative estimate of drug-likeness (QED) is 0.828. The molecule has 1 unspecified atom stereocenters. The molecule has 102 valence electrons. The highest BCUT2D eigenvalue weighted by Crippen LogP contribution is 2.32. The number of nitrogens with one attached hydrogen (secondary N) is 1. The molecule has 5 heteroatoms. The predicted molar refractivity (Wildman–Crippen MR) is 72.8 cm³/mol. The van der Waals surface area contributed by atoms with Gasteiger partial charge in [0.05, 0.1) is 24.8 Å². The van der Waals surface area contributed by atoms with E-state index in [9.17, 15) is 9.59 Å². The molecule has 1 N–H and O–H groups in total. The fourth-order valence-corrected chi connectivity index (χ4v) is 2.07. The minimum atomic E-state index is -0.186. The Morgan fingerprint density at radius 2 is 2.26 bits per heavy atom. The summed E-state index contributed by atoms with van der Waals surface area (Å²) in [4.78, 5) is 25.5. The molecule has 1 atom stereocenters. The number of carbonyl (C=O) groups excluding carboxylic acids is 2. The third-order valence-corrected chi connectivity index (χ3v) is 3.22. The molecule has 0 radical (unpaired) electrons. The van der Waals surface area contributed by atoms with Gasteiger partial charge in [-0.05, 0) is 25.2 Å². The van der Waals surface area contributed by atoms with Crippen LogP contribution >= 0.6 is 0 Å². The van der Waals surface area contributed by atoms with Crippen LogP contribution in [0.4, 0.5) is 5.69 Å². The van der Waals surface area contributed by atoms with Crippen LogP contribution in [0, 0.1) is 5.92 Å². The first-order valence-corrected chi connectivity index (χ1v) is 6.26. The van der Waals surface area contributed by atoms with E-state index in [0.29, 0.717) is 23.6 Å². The first-order valence-electron chi connectivity index (χ1n) is 6.26. The number of hydrogen-bond donors (Lipinski definition) is 1. The van der Waals surface area contributed by atoms with Crippen molar-refractivity contribution >= 4 is 17.4 Å². The Morgan fingerprint density at radius 1 is 1.53 bits per heavy atom. The van der Waals surface area contributed by atoms with E-state index in [0.717, 1.165) is 0 Å². The molecule has 0 fully saturated rings. The van der Waals surface area contributed by atoms with E-state index in [4.69, 9.17) is 4.74 Å². The Hall–Kier alpha value is -1.88. The summed E-state index contributed by atoms with van der Waals surface area (Å²) in [6, 6.07) is 5.19. The third kappa shape index (κ3) is 2.61. The topological polar surface area (TPSA) is 58.6 Å². The minimum absolute atomic E-state index is 0.00281. The van der Waals surface area contributed by atoms with Crippen molar-refractivity contribution in [3.05, 3.63) is 23.8 Å². The van der Waals surface area contributed by atoms with Gasteiger partial charge in [-0.15, -0.1) is 0 Å². The summed E-state index contributed by atoms with van der Waals surface area (Å²) in [5.74, 6) is 0.440. The second kappa shape index (κ2) is 5.40. The predicted octanol–water partition coefficient (Wildman–Crippen LogP) is 1.08. The highest BCUT2D eigenvalue weighted by molar-refractivity contribution is 6.01. The van der Waals surface area contributed by atoms with Crippen molar-refractivity contribution in [2.75, 3.05) is 32.1 Å². The largest absolute Gasteiger partial charge is 0.491 e. The summed E-state index contributed by atoms with van der Waals surface area (Å²) in [7, 11) is 3.43. The van der Waals surface area contributed by atoms with Crippen molar-refractivity contribution in [2.45, 2.75) is 6.92 Å². The van der Waals surface area contributed by atoms with Gasteiger partial charge in [0.1, 0.15) is 5.75 Å². The van der Waals surface area contributed by atoms with E-state index >= 15 is 0 Å². The van der Waals surface area contributed by atoms with Gasteiger partial charge >= 0.3 is 0 Å². The molecule has 0 bridgehead atoms. The number of carbonyl (C=O) groups is 2. The molecule has 0 aliphatic carbocycles. The lowest BCUT2D eigenvalue weighted by molar-refractivity contribution is -0.122. The summed E-state index contributed by atoms with van der Waals surface area (Å²) in [6.07, 6.45) is 0. The van der Waals surface area contributed by atoms with Crippen LogP contribution in [-0.4, -0.2) is 38.9 Å². The first-order chi connectivity index (χ1) is 9.04. The molecule has 2 rings (SSSR count). The van der Waals surface area contributed by atoms with E-state index in [2.05, 4.69) is 5.32 Å². The second-order valence-corrected chi connectivity index (χ2v) is 4.75. The molecular formula is C14H18N2O3. The van der Waals surface area contributed by atoms with E-state index in [1.165, 1.54) is 0 Å². The monoisotopic (exact) mass is 262 g/mol. The van der Waals surface area contributed by atoms with Crippen LogP contribution in [0.1, 0.15) is 17.3 Å². The number of likely N-dealkylation sites (N-methyl/N-ethyl adjacent to an activating group) is 1. The van der Waals surface area contributed by atoms with Crippen molar-refractivity contribution in [3.63, 3.8) is 0 Å². The van der Waals surface area contributed by atoms with Gasteiger partial charge < -0.3 is 15.0 Å². The lowest BCUT2D eigenvalue weighted by atomic mass is 10.1. The van der Waals surface area contributed by atoms with Crippen molar-refractivity contribution in [3.8, 4) is 5.75 Å². The van der Waals surface area contributed by atoms with Gasteiger partial charge in [-0.25, -0.2) is 0 Å². The van der Waals surface area contributed by atoms with Crippen LogP contribution in [0.3, 0.4) is 0 Å². The number of anilines is 1. The highest BCUT2D eigenvalue weighted by atomic mass is 16.5. The summed E-state index contributed by atoms with van der Waals surface area (Å²) in [6.45, 7) is 2.46. The van der Waals surface area contributed by atoms with Crippen LogP contribution in [-0.2, 0) is 4.79 Å². The maximum Gasteiger partial charge on any atom is 0.233 e. The summed E-state index contributed by atoms with van der Waals surface area (Å²) >= 11 is 0. The highest BCUT2D eigenvalue weighted by Gasteiger charge is 2.26. The summed E-state index contributed by atoms with van der Waals surface area (Å²) < 4.78 is 5.61. The number of fused-ring (bicyclic) bond motifs is 1. The molecule has 1 aliphatic rings. The van der Waals surface area contributed by atoms with Gasteiger partial charge in [-0.2, -0.15) is 0 Å². The standard InChI is InChI=1S/C14H18N2O3/c1-9-8-19-13-5-4-10(12(17)7-15-2)6-11(13)16(3)14(9)18/h4-6,9,15H,7-8H2,1-3H3. The Bertz CT molecular complexity index is 513. The second-order valence-electron chi connectivity index (χ2n) is 4.75. The van der Waals surface area contributed by atoms with Gasteiger partial charge in [0.2, 0.25) is 5.91 Å². The number of hydrogen-bond acceptors (Lipinski definition) is 4. The van der Waals surface area contributed by atoms with Crippen molar-refractivity contribution in [2.24, 2.45) is 5.92 Å². The number of Topliss-reactive ketones (excluding diaryl/α,β-unsaturated/α-hetero) is 1. The fraction of sp³-hybridized carbons (Fsp3) is 0.429. The minimum Gasteiger partial charge on any atom is -0.491 e. The van der Waals surface area contributed by atoms with Gasteiger partial charge in [-0.1, -0.05) is 6.92 Å². The maximum atomic E-state index is 12.1. The molecule has 0 spiro atoms. The molecule has 0 saturated heterocycles. The molecule has 19 heavy (non-hydrogen) atoms. The number of benzene rings is 1. The average Bonchev–Trinajstić information content (AvgIpc) is 2.52. The number of ether oxygens (including phenoxy) is 1. The van der Waals surface area contributed by atoms with Gasteiger partial charge in [-0.3, -0.25) is 9.59 Å². The zero-order valence-corrected chi connectivity index (χ0v) is 11.4. The molecular weight excluding hydrogens is 244 g/mol. The smallest absolute Gasteiger partial charge is 0.233 e. The lowest BCUT2D eigenvalue weighted by Crippen LogP contribution is -2.31. The Labute approximate surface area is 112 Å².